The van der Waals surface area contributed by atoms with Crippen molar-refractivity contribution in [2.24, 2.45) is 0 Å². The fraction of sp³-hybridized carbons (Fsp3) is 0.417. The molecule has 0 spiro atoms. The number of halogens is 1. The van der Waals surface area contributed by atoms with Crippen LogP contribution in [0.25, 0.3) is 0 Å². The molecule has 0 aromatic heterocycles. The van der Waals surface area contributed by atoms with Gasteiger partial charge in [-0.25, -0.2) is 0 Å². The highest BCUT2D eigenvalue weighted by Gasteiger charge is 2.20. The molecule has 0 unspecified atom stereocenters. The van der Waals surface area contributed by atoms with E-state index in [-0.39, 0.29) is 10.2 Å². The molecule has 1 amide bonds. The molecule has 0 aliphatic carbocycles. The highest BCUT2D eigenvalue weighted by atomic mass is 79.9. The third-order valence-corrected chi connectivity index (χ3v) is 2.75. The van der Waals surface area contributed by atoms with Gasteiger partial charge in [0, 0.05) is 27.9 Å². The van der Waals surface area contributed by atoms with Gasteiger partial charge >= 0.3 is 0 Å². The van der Waals surface area contributed by atoms with E-state index < -0.39 is 0 Å². The molecular formula is C12H16BrNO. The number of amides is 1. The summed E-state index contributed by atoms with van der Waals surface area (Å²) in [6.07, 6.45) is 0. The van der Waals surface area contributed by atoms with Crippen molar-refractivity contribution in [2.75, 3.05) is 6.54 Å². The summed E-state index contributed by atoms with van der Waals surface area (Å²) >= 11 is 2.86. The Morgan fingerprint density at radius 3 is 2.67 bits per heavy atom. The molecule has 82 valence electrons. The average molecular weight is 270 g/mol. The zero-order chi connectivity index (χ0) is 11.5. The molecule has 0 fully saturated rings. The minimum atomic E-state index is -0.164. The van der Waals surface area contributed by atoms with Gasteiger partial charge in [-0.2, -0.15) is 0 Å². The summed E-state index contributed by atoms with van der Waals surface area (Å²) in [6, 6.07) is 8.36. The van der Waals surface area contributed by atoms with Crippen LogP contribution in [0.2, 0.25) is 0 Å². The lowest BCUT2D eigenvalue weighted by atomic mass is 9.84. The molecule has 0 saturated heterocycles. The zero-order valence-corrected chi connectivity index (χ0v) is 10.9. The van der Waals surface area contributed by atoms with Crippen LogP contribution in [-0.2, 0) is 5.41 Å². The van der Waals surface area contributed by atoms with Crippen molar-refractivity contribution in [3.05, 3.63) is 35.4 Å². The molecule has 2 nitrogen and oxygen atoms in total. The molecule has 0 bridgehead atoms. The molecule has 0 atom stereocenters. The van der Waals surface area contributed by atoms with Crippen molar-refractivity contribution in [3.63, 3.8) is 0 Å². The van der Waals surface area contributed by atoms with Gasteiger partial charge in [0.1, 0.15) is 0 Å². The summed E-state index contributed by atoms with van der Waals surface area (Å²) in [7, 11) is 0. The quantitative estimate of drug-likeness (QED) is 0.662. The molecule has 15 heavy (non-hydrogen) atoms. The Balaban J connectivity index is 2.80. The first-order chi connectivity index (χ1) is 6.92. The Hall–Kier alpha value is -0.830. The maximum absolute atomic E-state index is 10.8. The van der Waals surface area contributed by atoms with Crippen LogP contribution in [0, 0.1) is 6.92 Å². The maximum Gasteiger partial charge on any atom is 0.287 e. The van der Waals surface area contributed by atoms with Crippen molar-refractivity contribution in [1.82, 2.24) is 5.32 Å². The Kier molecular flexibility index (Phi) is 3.91. The summed E-state index contributed by atoms with van der Waals surface area (Å²) in [5.74, 6) is 0. The van der Waals surface area contributed by atoms with Gasteiger partial charge in [0.25, 0.3) is 4.82 Å². The van der Waals surface area contributed by atoms with Gasteiger partial charge in [-0.05, 0) is 12.5 Å². The molecule has 1 aromatic rings. The lowest BCUT2D eigenvalue weighted by Gasteiger charge is -2.25. The highest BCUT2D eigenvalue weighted by Crippen LogP contribution is 2.23. The van der Waals surface area contributed by atoms with Crippen molar-refractivity contribution in [3.8, 4) is 0 Å². The third kappa shape index (κ3) is 3.67. The van der Waals surface area contributed by atoms with Crippen molar-refractivity contribution in [2.45, 2.75) is 26.2 Å². The molecule has 1 aromatic carbocycles. The highest BCUT2D eigenvalue weighted by molar-refractivity contribution is 9.18. The van der Waals surface area contributed by atoms with E-state index in [1.807, 2.05) is 6.07 Å². The second-order valence-corrected chi connectivity index (χ2v) is 5.10. The number of aryl methyl sites for hydroxylation is 1. The van der Waals surface area contributed by atoms with E-state index in [9.17, 15) is 4.79 Å². The Morgan fingerprint density at radius 2 is 2.13 bits per heavy atom. The third-order valence-electron chi connectivity index (χ3n) is 2.47. The van der Waals surface area contributed by atoms with E-state index in [4.69, 9.17) is 0 Å². The van der Waals surface area contributed by atoms with E-state index in [1.165, 1.54) is 11.1 Å². The van der Waals surface area contributed by atoms with Crippen molar-refractivity contribution in [1.29, 1.82) is 0 Å². The largest absolute Gasteiger partial charge is 0.346 e. The van der Waals surface area contributed by atoms with Gasteiger partial charge < -0.3 is 5.32 Å². The van der Waals surface area contributed by atoms with E-state index in [1.54, 1.807) is 0 Å². The molecule has 1 N–H and O–H groups in total. The van der Waals surface area contributed by atoms with Crippen LogP contribution in [0.4, 0.5) is 4.79 Å². The lowest BCUT2D eigenvalue weighted by Crippen LogP contribution is -2.34. The van der Waals surface area contributed by atoms with Crippen LogP contribution in [0.15, 0.2) is 24.3 Å². The molecular weight excluding hydrogens is 254 g/mol. The van der Waals surface area contributed by atoms with Crippen LogP contribution in [0.5, 0.6) is 0 Å². The summed E-state index contributed by atoms with van der Waals surface area (Å²) in [5, 5.41) is 2.78. The molecule has 0 aliphatic rings. The van der Waals surface area contributed by atoms with Crippen molar-refractivity contribution < 1.29 is 4.79 Å². The molecule has 1 rings (SSSR count). The number of rotatable bonds is 3. The number of carbonyl (C=O) groups is 1. The lowest BCUT2D eigenvalue weighted by molar-refractivity contribution is 0.259. The SMILES string of the molecule is Cc1cccc(C(C)(C)CNC(=O)Br)c1. The van der Waals surface area contributed by atoms with E-state index >= 15 is 0 Å². The second-order valence-electron chi connectivity index (χ2n) is 4.38. The topological polar surface area (TPSA) is 29.1 Å². The van der Waals surface area contributed by atoms with E-state index in [2.05, 4.69) is 60.2 Å². The zero-order valence-electron chi connectivity index (χ0n) is 9.30. The van der Waals surface area contributed by atoms with Crippen molar-refractivity contribution >= 4 is 20.7 Å². The molecule has 3 heteroatoms. The Bertz CT molecular complexity index is 360. The van der Waals surface area contributed by atoms with Crippen LogP contribution < -0.4 is 5.32 Å². The van der Waals surface area contributed by atoms with Gasteiger partial charge in [0.2, 0.25) is 0 Å². The Morgan fingerprint density at radius 1 is 1.47 bits per heavy atom. The smallest absolute Gasteiger partial charge is 0.287 e. The van der Waals surface area contributed by atoms with Gasteiger partial charge in [-0.1, -0.05) is 43.7 Å². The maximum atomic E-state index is 10.8. The summed E-state index contributed by atoms with van der Waals surface area (Å²) in [6.45, 7) is 6.93. The first-order valence-corrected chi connectivity index (χ1v) is 5.71. The number of benzene rings is 1. The van der Waals surface area contributed by atoms with Crippen LogP contribution in [-0.4, -0.2) is 11.4 Å². The number of nitrogens with one attached hydrogen (secondary N) is 1. The predicted octanol–water partition coefficient (Wildman–Crippen LogP) is 3.38. The fourth-order valence-corrected chi connectivity index (χ4v) is 1.60. The minimum Gasteiger partial charge on any atom is -0.346 e. The minimum absolute atomic E-state index is 0.0462. The summed E-state index contributed by atoms with van der Waals surface area (Å²) in [4.78, 5) is 10.6. The Labute approximate surface area is 99.2 Å². The van der Waals surface area contributed by atoms with Gasteiger partial charge in [-0.3, -0.25) is 4.79 Å². The molecule has 0 aliphatic heterocycles. The molecule has 0 saturated carbocycles. The van der Waals surface area contributed by atoms with Crippen LogP contribution in [0.1, 0.15) is 25.0 Å². The summed E-state index contributed by atoms with van der Waals surface area (Å²) in [5.41, 5.74) is 2.43. The first kappa shape index (κ1) is 12.2. The van der Waals surface area contributed by atoms with E-state index in [0.29, 0.717) is 6.54 Å². The monoisotopic (exact) mass is 269 g/mol. The van der Waals surface area contributed by atoms with Crippen LogP contribution >= 0.6 is 15.9 Å². The normalized spacial score (nSPS) is 11.2. The second kappa shape index (κ2) is 4.79. The number of hydrogen-bond acceptors (Lipinski definition) is 1. The summed E-state index contributed by atoms with van der Waals surface area (Å²) < 4.78 is 0. The van der Waals surface area contributed by atoms with E-state index in [0.717, 1.165) is 0 Å². The standard InChI is InChI=1S/C12H16BrNO/c1-9-5-4-6-10(7-9)12(2,3)8-14-11(13)15/h4-7H,8H2,1-3H3,(H,14,15). The first-order valence-electron chi connectivity index (χ1n) is 4.92. The van der Waals surface area contributed by atoms with Gasteiger partial charge in [0.05, 0.1) is 0 Å². The number of carbonyl (C=O) groups excluding carboxylic acids is 1. The van der Waals surface area contributed by atoms with Crippen LogP contribution in [0.3, 0.4) is 0 Å². The average Bonchev–Trinajstić information content (AvgIpc) is 2.15. The fourth-order valence-electron chi connectivity index (χ4n) is 1.46. The number of hydrogen-bond donors (Lipinski definition) is 1. The van der Waals surface area contributed by atoms with Gasteiger partial charge in [0.15, 0.2) is 0 Å². The predicted molar refractivity (Wildman–Crippen MR) is 66.5 cm³/mol. The molecule has 0 radical (unpaired) electrons. The van der Waals surface area contributed by atoms with Gasteiger partial charge in [-0.15, -0.1) is 0 Å². The molecule has 0 heterocycles.